The van der Waals surface area contributed by atoms with Crippen LogP contribution < -0.4 is 11.1 Å². The molecule has 0 bridgehead atoms. The minimum atomic E-state index is 0. The molecular formula is C18H26IN5. The minimum Gasteiger partial charge on any atom is -0.370 e. The van der Waals surface area contributed by atoms with Crippen molar-refractivity contribution >= 4 is 29.9 Å². The summed E-state index contributed by atoms with van der Waals surface area (Å²) in [6.07, 6.45) is 4.96. The lowest BCUT2D eigenvalue weighted by Gasteiger charge is -2.12. The van der Waals surface area contributed by atoms with Crippen LogP contribution in [0.5, 0.6) is 0 Å². The molecule has 0 saturated heterocycles. The first kappa shape index (κ1) is 18.8. The number of halogens is 1. The number of nitrogens with one attached hydrogen (secondary N) is 1. The van der Waals surface area contributed by atoms with Gasteiger partial charge in [0, 0.05) is 17.3 Å². The highest BCUT2D eigenvalue weighted by Gasteiger charge is 2.16. The number of para-hydroxylation sites is 1. The molecule has 5 nitrogen and oxygen atoms in total. The van der Waals surface area contributed by atoms with E-state index in [1.807, 2.05) is 29.8 Å². The van der Waals surface area contributed by atoms with Crippen LogP contribution in [0.2, 0.25) is 0 Å². The maximum Gasteiger partial charge on any atom is 0.189 e. The number of hydrogen-bond acceptors (Lipinski definition) is 2. The van der Waals surface area contributed by atoms with Crippen LogP contribution in [0.25, 0.3) is 5.69 Å². The van der Waals surface area contributed by atoms with Gasteiger partial charge in [0.25, 0.3) is 0 Å². The fraction of sp³-hybridized carbons (Fsp3) is 0.444. The van der Waals surface area contributed by atoms with Crippen LogP contribution in [0.1, 0.15) is 42.6 Å². The number of rotatable bonds is 4. The highest BCUT2D eigenvalue weighted by atomic mass is 127. The van der Waals surface area contributed by atoms with Crippen LogP contribution in [-0.2, 0) is 6.54 Å². The molecule has 3 rings (SSSR count). The predicted molar refractivity (Wildman–Crippen MR) is 109 cm³/mol. The van der Waals surface area contributed by atoms with E-state index in [0.29, 0.717) is 18.5 Å². The molecule has 130 valence electrons. The smallest absolute Gasteiger partial charge is 0.189 e. The first-order valence-corrected chi connectivity index (χ1v) is 8.32. The highest BCUT2D eigenvalue weighted by molar-refractivity contribution is 14.0. The lowest BCUT2D eigenvalue weighted by atomic mass is 10.2. The van der Waals surface area contributed by atoms with Crippen LogP contribution in [0.4, 0.5) is 0 Å². The molecule has 1 heterocycles. The number of aryl methyl sites for hydroxylation is 1. The topological polar surface area (TPSA) is 68.2 Å². The van der Waals surface area contributed by atoms with Crippen molar-refractivity contribution in [2.45, 2.75) is 52.1 Å². The van der Waals surface area contributed by atoms with Crippen molar-refractivity contribution in [2.75, 3.05) is 0 Å². The Bertz CT molecular complexity index is 687. The van der Waals surface area contributed by atoms with Crippen molar-refractivity contribution in [3.8, 4) is 5.69 Å². The number of hydrogen-bond donors (Lipinski definition) is 2. The number of guanidine groups is 1. The van der Waals surface area contributed by atoms with E-state index in [1.54, 1.807) is 0 Å². The van der Waals surface area contributed by atoms with Crippen LogP contribution in [0.15, 0.2) is 35.3 Å². The molecule has 1 fully saturated rings. The third kappa shape index (κ3) is 4.28. The van der Waals surface area contributed by atoms with E-state index >= 15 is 0 Å². The van der Waals surface area contributed by atoms with Crippen molar-refractivity contribution in [2.24, 2.45) is 10.7 Å². The molecule has 0 amide bonds. The summed E-state index contributed by atoms with van der Waals surface area (Å²) in [5.41, 5.74) is 10.4. The third-order valence-corrected chi connectivity index (χ3v) is 4.56. The normalized spacial score (nSPS) is 15.3. The molecule has 0 atom stereocenters. The predicted octanol–water partition coefficient (Wildman–Crippen LogP) is 3.45. The van der Waals surface area contributed by atoms with Gasteiger partial charge < -0.3 is 11.1 Å². The second-order valence-electron chi connectivity index (χ2n) is 6.22. The van der Waals surface area contributed by atoms with E-state index < -0.39 is 0 Å². The standard InChI is InChI=1S/C18H25N5.HI/c1-13-17(12-20-18(19)21-15-8-6-7-9-15)14(2)23(22-13)16-10-4-3-5-11-16;/h3-5,10-11,15H,6-9,12H2,1-2H3,(H3,19,20,21);1H. The second kappa shape index (κ2) is 8.50. The van der Waals surface area contributed by atoms with Crippen molar-refractivity contribution in [1.29, 1.82) is 0 Å². The fourth-order valence-electron chi connectivity index (χ4n) is 3.21. The quantitative estimate of drug-likeness (QED) is 0.436. The molecule has 1 aliphatic rings. The average Bonchev–Trinajstić information content (AvgIpc) is 3.15. The number of benzene rings is 1. The van der Waals surface area contributed by atoms with Gasteiger partial charge in [0.15, 0.2) is 5.96 Å². The van der Waals surface area contributed by atoms with E-state index in [9.17, 15) is 0 Å². The molecule has 1 aromatic carbocycles. The summed E-state index contributed by atoms with van der Waals surface area (Å²) < 4.78 is 1.97. The van der Waals surface area contributed by atoms with Crippen LogP contribution in [0, 0.1) is 13.8 Å². The van der Waals surface area contributed by atoms with E-state index in [-0.39, 0.29) is 24.0 Å². The van der Waals surface area contributed by atoms with E-state index in [4.69, 9.17) is 5.73 Å². The van der Waals surface area contributed by atoms with Gasteiger partial charge in [0.2, 0.25) is 0 Å². The van der Waals surface area contributed by atoms with Gasteiger partial charge in [-0.05, 0) is 38.8 Å². The number of aromatic nitrogens is 2. The lowest BCUT2D eigenvalue weighted by Crippen LogP contribution is -2.38. The lowest BCUT2D eigenvalue weighted by molar-refractivity contribution is 0.625. The molecule has 1 aromatic heterocycles. The Morgan fingerprint density at radius 1 is 1.25 bits per heavy atom. The third-order valence-electron chi connectivity index (χ3n) is 4.56. The molecule has 3 N–H and O–H groups in total. The highest BCUT2D eigenvalue weighted by Crippen LogP contribution is 2.19. The van der Waals surface area contributed by atoms with Gasteiger partial charge in [-0.1, -0.05) is 31.0 Å². The largest absolute Gasteiger partial charge is 0.370 e. The summed E-state index contributed by atoms with van der Waals surface area (Å²) >= 11 is 0. The maximum atomic E-state index is 6.03. The van der Waals surface area contributed by atoms with Gasteiger partial charge >= 0.3 is 0 Å². The summed E-state index contributed by atoms with van der Waals surface area (Å²) in [5, 5.41) is 7.97. The summed E-state index contributed by atoms with van der Waals surface area (Å²) in [6.45, 7) is 4.67. The molecule has 1 saturated carbocycles. The molecule has 24 heavy (non-hydrogen) atoms. The Kier molecular flexibility index (Phi) is 6.65. The monoisotopic (exact) mass is 439 g/mol. The SMILES string of the molecule is Cc1nn(-c2ccccc2)c(C)c1CN=C(N)NC1CCCC1.I. The molecule has 0 unspecified atom stereocenters. The van der Waals surface area contributed by atoms with Gasteiger partial charge in [0.1, 0.15) is 0 Å². The fourth-order valence-corrected chi connectivity index (χ4v) is 3.21. The van der Waals surface area contributed by atoms with Gasteiger partial charge in [-0.25, -0.2) is 9.67 Å². The first-order chi connectivity index (χ1) is 11.1. The van der Waals surface area contributed by atoms with E-state index in [0.717, 1.165) is 22.6 Å². The van der Waals surface area contributed by atoms with Crippen LogP contribution in [-0.4, -0.2) is 21.8 Å². The van der Waals surface area contributed by atoms with E-state index in [1.165, 1.54) is 25.7 Å². The number of aliphatic imine (C=N–C) groups is 1. The summed E-state index contributed by atoms with van der Waals surface area (Å²) in [4.78, 5) is 4.52. The Morgan fingerprint density at radius 3 is 2.58 bits per heavy atom. The van der Waals surface area contributed by atoms with Gasteiger partial charge in [-0.3, -0.25) is 0 Å². The van der Waals surface area contributed by atoms with Crippen molar-refractivity contribution < 1.29 is 0 Å². The Morgan fingerprint density at radius 2 is 1.92 bits per heavy atom. The van der Waals surface area contributed by atoms with Crippen molar-refractivity contribution in [3.05, 3.63) is 47.3 Å². The van der Waals surface area contributed by atoms with Gasteiger partial charge in [0.05, 0.1) is 17.9 Å². The molecule has 2 aromatic rings. The van der Waals surface area contributed by atoms with Crippen LogP contribution >= 0.6 is 24.0 Å². The zero-order valence-corrected chi connectivity index (χ0v) is 16.7. The van der Waals surface area contributed by atoms with Gasteiger partial charge in [-0.15, -0.1) is 24.0 Å². The number of nitrogens with zero attached hydrogens (tertiary/aromatic N) is 3. The Labute approximate surface area is 160 Å². The summed E-state index contributed by atoms with van der Waals surface area (Å²) in [5.74, 6) is 0.545. The van der Waals surface area contributed by atoms with Crippen LogP contribution in [0.3, 0.4) is 0 Å². The molecule has 0 spiro atoms. The Balaban J connectivity index is 0.00000208. The molecule has 0 aliphatic heterocycles. The van der Waals surface area contributed by atoms with Crippen molar-refractivity contribution in [1.82, 2.24) is 15.1 Å². The summed E-state index contributed by atoms with van der Waals surface area (Å²) in [6, 6.07) is 10.7. The zero-order valence-electron chi connectivity index (χ0n) is 14.3. The van der Waals surface area contributed by atoms with E-state index in [2.05, 4.69) is 34.5 Å². The molecule has 6 heteroatoms. The number of nitrogens with two attached hydrogens (primary N) is 1. The maximum absolute atomic E-state index is 6.03. The Hall–Kier alpha value is -1.57. The molecule has 1 aliphatic carbocycles. The molecule has 0 radical (unpaired) electrons. The van der Waals surface area contributed by atoms with Gasteiger partial charge in [-0.2, -0.15) is 5.10 Å². The first-order valence-electron chi connectivity index (χ1n) is 8.32. The average molecular weight is 439 g/mol. The molecular weight excluding hydrogens is 413 g/mol. The van der Waals surface area contributed by atoms with Crippen molar-refractivity contribution in [3.63, 3.8) is 0 Å². The second-order valence-corrected chi connectivity index (χ2v) is 6.22. The summed E-state index contributed by atoms with van der Waals surface area (Å²) in [7, 11) is 0. The minimum absolute atomic E-state index is 0. The zero-order chi connectivity index (χ0) is 16.2.